The van der Waals surface area contributed by atoms with Gasteiger partial charge in [0.1, 0.15) is 30.5 Å². The lowest BCUT2D eigenvalue weighted by Gasteiger charge is -2.40. The van der Waals surface area contributed by atoms with Crippen molar-refractivity contribution in [3.8, 4) is 12.5 Å². The van der Waals surface area contributed by atoms with E-state index in [1.807, 2.05) is 6.11 Å². The van der Waals surface area contributed by atoms with Gasteiger partial charge in [0.05, 0.1) is 43.2 Å². The first-order chi connectivity index (χ1) is 14.9. The Morgan fingerprint density at radius 3 is 2.45 bits per heavy atom. The maximum absolute atomic E-state index is 10.5. The van der Waals surface area contributed by atoms with Crippen LogP contribution >= 0.6 is 0 Å². The monoisotopic (exact) mass is 442 g/mol. The summed E-state index contributed by atoms with van der Waals surface area (Å²) < 4.78 is 16.8. The quantitative estimate of drug-likeness (QED) is 0.111. The van der Waals surface area contributed by atoms with Gasteiger partial charge in [-0.2, -0.15) is 0 Å². The van der Waals surface area contributed by atoms with E-state index in [4.69, 9.17) is 26.2 Å². The third-order valence-corrected chi connectivity index (χ3v) is 5.24. The first-order valence-corrected chi connectivity index (χ1v) is 9.20. The molecule has 0 bridgehead atoms. The summed E-state index contributed by atoms with van der Waals surface area (Å²) in [6.07, 6.45) is -4.16. The summed E-state index contributed by atoms with van der Waals surface area (Å²) in [5, 5.41) is 71.5. The molecule has 170 valence electrons. The van der Waals surface area contributed by atoms with Gasteiger partial charge in [-0.3, -0.25) is 0 Å². The van der Waals surface area contributed by atoms with E-state index in [0.717, 1.165) is 4.68 Å². The van der Waals surface area contributed by atoms with Gasteiger partial charge in [-0.05, 0) is 5.53 Å². The normalized spacial score (nSPS) is 40.5. The molecule has 3 rings (SSSR count). The van der Waals surface area contributed by atoms with Crippen LogP contribution in [-0.2, 0) is 14.2 Å². The average Bonchev–Trinajstić information content (AvgIpc) is 3.24. The van der Waals surface area contributed by atoms with Crippen molar-refractivity contribution in [2.75, 3.05) is 13.2 Å². The summed E-state index contributed by atoms with van der Waals surface area (Å²) in [4.78, 5) is 2.53. The summed E-state index contributed by atoms with van der Waals surface area (Å²) >= 11 is 0. The number of azide groups is 1. The van der Waals surface area contributed by atoms with Crippen molar-refractivity contribution in [1.82, 2.24) is 15.0 Å². The van der Waals surface area contributed by atoms with Crippen LogP contribution in [0.3, 0.4) is 0 Å². The number of aliphatic hydroxyl groups excluding tert-OH is 6. The van der Waals surface area contributed by atoms with Crippen LogP contribution in [0.5, 0.6) is 0 Å². The number of hydrogen-bond donors (Lipinski definition) is 6. The SMILES string of the molecule is C#CO[C@H]1[C@H](O)[C@@H](O)[C@H](n2cc([C@H]3[C@H](O)[C@@H](O)[C@H](N=[N+]=[N-])O[C@@H]3CO)nn2)O[C@@H]1CO. The van der Waals surface area contributed by atoms with Crippen molar-refractivity contribution in [3.05, 3.63) is 22.3 Å². The highest BCUT2D eigenvalue weighted by atomic mass is 16.6. The zero-order valence-electron chi connectivity index (χ0n) is 15.9. The zero-order valence-corrected chi connectivity index (χ0v) is 15.9. The molecule has 15 heteroatoms. The van der Waals surface area contributed by atoms with Gasteiger partial charge in [0, 0.05) is 4.91 Å². The first kappa shape index (κ1) is 23.2. The van der Waals surface area contributed by atoms with Gasteiger partial charge < -0.3 is 44.8 Å². The smallest absolute Gasteiger partial charge is 0.180 e. The van der Waals surface area contributed by atoms with Crippen molar-refractivity contribution in [3.63, 3.8) is 0 Å². The number of rotatable bonds is 6. The minimum absolute atomic E-state index is 0.0535. The maximum atomic E-state index is 10.5. The highest BCUT2D eigenvalue weighted by Gasteiger charge is 2.49. The largest absolute Gasteiger partial charge is 0.438 e. The molecule has 1 aromatic heterocycles. The fraction of sp³-hybridized carbons (Fsp3) is 0.750. The van der Waals surface area contributed by atoms with Crippen molar-refractivity contribution in [1.29, 1.82) is 0 Å². The molecule has 0 saturated carbocycles. The number of terminal acetylenes is 1. The van der Waals surface area contributed by atoms with Crippen LogP contribution in [0.4, 0.5) is 0 Å². The van der Waals surface area contributed by atoms with Gasteiger partial charge in [0.2, 0.25) is 0 Å². The Morgan fingerprint density at radius 2 is 1.84 bits per heavy atom. The molecule has 0 radical (unpaired) electrons. The van der Waals surface area contributed by atoms with E-state index in [0.29, 0.717) is 0 Å². The fourth-order valence-electron chi connectivity index (χ4n) is 3.69. The third kappa shape index (κ3) is 4.29. The Hall–Kier alpha value is -2.51. The number of aliphatic hydroxyl groups is 6. The summed E-state index contributed by atoms with van der Waals surface area (Å²) in [5.74, 6) is -1.07. The van der Waals surface area contributed by atoms with Crippen LogP contribution in [-0.4, -0.2) is 108 Å². The molecule has 15 nitrogen and oxygen atoms in total. The molecule has 2 fully saturated rings. The minimum Gasteiger partial charge on any atom is -0.438 e. The van der Waals surface area contributed by atoms with E-state index in [1.165, 1.54) is 6.20 Å². The number of hydrogen-bond acceptors (Lipinski definition) is 12. The average molecular weight is 442 g/mol. The van der Waals surface area contributed by atoms with E-state index in [1.54, 1.807) is 0 Å². The molecule has 31 heavy (non-hydrogen) atoms. The van der Waals surface area contributed by atoms with Crippen LogP contribution in [0.1, 0.15) is 17.8 Å². The molecule has 2 saturated heterocycles. The molecule has 2 aliphatic heterocycles. The molecule has 1 aromatic rings. The van der Waals surface area contributed by atoms with Crippen LogP contribution in [0.25, 0.3) is 10.4 Å². The Morgan fingerprint density at radius 1 is 1.13 bits per heavy atom. The molecule has 0 spiro atoms. The Kier molecular flexibility index (Phi) is 7.28. The molecule has 6 N–H and O–H groups in total. The molecular formula is C16H22N6O9. The first-order valence-electron chi connectivity index (χ1n) is 9.20. The van der Waals surface area contributed by atoms with Crippen LogP contribution in [0.15, 0.2) is 11.3 Å². The summed E-state index contributed by atoms with van der Waals surface area (Å²) in [7, 11) is 0. The Balaban J connectivity index is 1.85. The molecule has 0 aliphatic carbocycles. The minimum atomic E-state index is -1.60. The number of aromatic nitrogens is 3. The second-order valence-electron chi connectivity index (χ2n) is 7.01. The number of nitrogens with zero attached hydrogens (tertiary/aromatic N) is 6. The molecule has 3 heterocycles. The lowest BCUT2D eigenvalue weighted by atomic mass is 9.86. The van der Waals surface area contributed by atoms with Gasteiger partial charge in [-0.1, -0.05) is 16.8 Å². The fourth-order valence-corrected chi connectivity index (χ4v) is 3.69. The van der Waals surface area contributed by atoms with E-state index in [2.05, 4.69) is 20.3 Å². The van der Waals surface area contributed by atoms with E-state index in [9.17, 15) is 30.6 Å². The van der Waals surface area contributed by atoms with Crippen LogP contribution < -0.4 is 0 Å². The molecule has 0 amide bonds. The van der Waals surface area contributed by atoms with Gasteiger partial charge in [-0.25, -0.2) is 4.68 Å². The lowest BCUT2D eigenvalue weighted by Crippen LogP contribution is -2.57. The van der Waals surface area contributed by atoms with Crippen LogP contribution in [0, 0.1) is 12.5 Å². The molecule has 10 atom stereocenters. The van der Waals surface area contributed by atoms with Crippen molar-refractivity contribution in [2.45, 2.75) is 61.1 Å². The second kappa shape index (κ2) is 9.75. The third-order valence-electron chi connectivity index (χ3n) is 5.24. The van der Waals surface area contributed by atoms with Crippen molar-refractivity contribution in [2.24, 2.45) is 5.11 Å². The Labute approximate surface area is 175 Å². The molecule has 2 aliphatic rings. The lowest BCUT2D eigenvalue weighted by molar-refractivity contribution is -0.253. The number of ether oxygens (including phenoxy) is 3. The van der Waals surface area contributed by atoms with Gasteiger partial charge in [0.25, 0.3) is 0 Å². The summed E-state index contributed by atoms with van der Waals surface area (Å²) in [6.45, 7) is -1.18. The summed E-state index contributed by atoms with van der Waals surface area (Å²) in [6, 6.07) is 0. The standard InChI is InChI=1S/C16H22N6O9/c1-2-29-14-8(5-24)31-16(13(28)11(14)26)22-3-6(18-21-22)9-7(4-23)30-15(19-20-17)12(27)10(9)25/h1,3,7-16,23-28H,4-5H2/t7-,8-,9-,10+,11-,12-,13-,14-,15-,16-/m1/s1. The second-order valence-corrected chi connectivity index (χ2v) is 7.01. The van der Waals surface area contributed by atoms with Crippen molar-refractivity contribution < 1.29 is 44.8 Å². The highest BCUT2D eigenvalue weighted by Crippen LogP contribution is 2.35. The maximum Gasteiger partial charge on any atom is 0.180 e. The molecule has 0 unspecified atom stereocenters. The van der Waals surface area contributed by atoms with E-state index in [-0.39, 0.29) is 5.69 Å². The zero-order chi connectivity index (χ0) is 22.7. The van der Waals surface area contributed by atoms with Gasteiger partial charge in [0.15, 0.2) is 18.6 Å². The molecular weight excluding hydrogens is 420 g/mol. The summed E-state index contributed by atoms with van der Waals surface area (Å²) in [5.41, 5.74) is 8.61. The molecule has 0 aromatic carbocycles. The topological polar surface area (TPSA) is 229 Å². The van der Waals surface area contributed by atoms with E-state index >= 15 is 0 Å². The van der Waals surface area contributed by atoms with Gasteiger partial charge >= 0.3 is 0 Å². The highest BCUT2D eigenvalue weighted by molar-refractivity contribution is 5.13. The predicted molar refractivity (Wildman–Crippen MR) is 96.4 cm³/mol. The predicted octanol–water partition coefficient (Wildman–Crippen LogP) is -3.30. The van der Waals surface area contributed by atoms with E-state index < -0.39 is 74.3 Å². The van der Waals surface area contributed by atoms with Gasteiger partial charge in [-0.15, -0.1) is 5.10 Å². The Bertz CT molecular complexity index is 838. The van der Waals surface area contributed by atoms with Crippen LogP contribution in [0.2, 0.25) is 0 Å². The van der Waals surface area contributed by atoms with Crippen molar-refractivity contribution >= 4 is 0 Å².